The Morgan fingerprint density at radius 2 is 2.27 bits per heavy atom. The van der Waals surface area contributed by atoms with Crippen LogP contribution >= 0.6 is 11.3 Å². The van der Waals surface area contributed by atoms with Gasteiger partial charge in [-0.15, -0.1) is 11.3 Å². The lowest BCUT2D eigenvalue weighted by Gasteiger charge is -1.98. The van der Waals surface area contributed by atoms with E-state index in [4.69, 9.17) is 4.74 Å². The first-order valence-electron chi connectivity index (χ1n) is 3.95. The number of ether oxygens (including phenoxy) is 1. The van der Waals surface area contributed by atoms with Crippen molar-refractivity contribution >= 4 is 11.3 Å². The summed E-state index contributed by atoms with van der Waals surface area (Å²) in [5.41, 5.74) is 1.37. The Bertz CT molecular complexity index is 215. The first-order valence-corrected chi connectivity index (χ1v) is 4.83. The molecule has 0 aromatic carbocycles. The highest BCUT2D eigenvalue weighted by Crippen LogP contribution is 2.27. The molecule has 0 radical (unpaired) electrons. The van der Waals surface area contributed by atoms with E-state index >= 15 is 0 Å². The van der Waals surface area contributed by atoms with Crippen molar-refractivity contribution in [3.8, 4) is 5.06 Å². The van der Waals surface area contributed by atoms with Crippen LogP contribution in [0.4, 0.5) is 0 Å². The van der Waals surface area contributed by atoms with Gasteiger partial charge in [0.05, 0.1) is 6.61 Å². The van der Waals surface area contributed by atoms with Gasteiger partial charge in [-0.05, 0) is 29.9 Å². The SMILES string of the molecule is CCOc1cc(C(C)C)cs1. The highest BCUT2D eigenvalue weighted by Gasteiger charge is 2.02. The van der Waals surface area contributed by atoms with Gasteiger partial charge >= 0.3 is 0 Å². The lowest BCUT2D eigenvalue weighted by Crippen LogP contribution is -1.87. The second kappa shape index (κ2) is 3.77. The van der Waals surface area contributed by atoms with E-state index in [1.54, 1.807) is 11.3 Å². The van der Waals surface area contributed by atoms with Crippen molar-refractivity contribution < 1.29 is 4.74 Å². The summed E-state index contributed by atoms with van der Waals surface area (Å²) < 4.78 is 5.36. The van der Waals surface area contributed by atoms with E-state index in [2.05, 4.69) is 25.3 Å². The third-order valence-corrected chi connectivity index (χ3v) is 2.41. The van der Waals surface area contributed by atoms with Crippen molar-refractivity contribution in [3.63, 3.8) is 0 Å². The molecule has 1 aromatic heterocycles. The van der Waals surface area contributed by atoms with Crippen LogP contribution in [-0.4, -0.2) is 6.61 Å². The lowest BCUT2D eigenvalue weighted by atomic mass is 10.1. The average Bonchev–Trinajstić information content (AvgIpc) is 2.37. The zero-order valence-electron chi connectivity index (χ0n) is 7.26. The van der Waals surface area contributed by atoms with Crippen LogP contribution in [-0.2, 0) is 0 Å². The first kappa shape index (κ1) is 8.60. The van der Waals surface area contributed by atoms with E-state index in [9.17, 15) is 0 Å². The Hall–Kier alpha value is -0.500. The standard InChI is InChI=1S/C9H14OS/c1-4-10-9-5-8(6-11-9)7(2)3/h5-7H,4H2,1-3H3. The number of hydrogen-bond donors (Lipinski definition) is 0. The third-order valence-electron chi connectivity index (χ3n) is 1.55. The summed E-state index contributed by atoms with van der Waals surface area (Å²) in [5.74, 6) is 0.612. The van der Waals surface area contributed by atoms with Gasteiger partial charge < -0.3 is 4.74 Å². The van der Waals surface area contributed by atoms with Gasteiger partial charge in [0.25, 0.3) is 0 Å². The van der Waals surface area contributed by atoms with Crippen molar-refractivity contribution in [2.45, 2.75) is 26.7 Å². The van der Waals surface area contributed by atoms with Gasteiger partial charge in [0.2, 0.25) is 0 Å². The molecule has 0 spiro atoms. The summed E-state index contributed by atoms with van der Waals surface area (Å²) in [6.07, 6.45) is 0. The van der Waals surface area contributed by atoms with Gasteiger partial charge in [0.1, 0.15) is 0 Å². The van der Waals surface area contributed by atoms with E-state index in [1.165, 1.54) is 5.56 Å². The molecule has 1 heterocycles. The first-order chi connectivity index (χ1) is 5.24. The fourth-order valence-electron chi connectivity index (χ4n) is 0.851. The van der Waals surface area contributed by atoms with Crippen LogP contribution in [0.25, 0.3) is 0 Å². The van der Waals surface area contributed by atoms with Gasteiger partial charge in [0, 0.05) is 0 Å². The Labute approximate surface area is 72.0 Å². The largest absolute Gasteiger partial charge is 0.484 e. The van der Waals surface area contributed by atoms with Crippen molar-refractivity contribution in [2.24, 2.45) is 0 Å². The second-order valence-corrected chi connectivity index (χ2v) is 3.66. The molecule has 0 unspecified atom stereocenters. The molecule has 0 aliphatic carbocycles. The van der Waals surface area contributed by atoms with Gasteiger partial charge in [-0.25, -0.2) is 0 Å². The summed E-state index contributed by atoms with van der Waals surface area (Å²) in [5, 5.41) is 3.20. The Morgan fingerprint density at radius 3 is 2.73 bits per heavy atom. The molecule has 1 aromatic rings. The van der Waals surface area contributed by atoms with Gasteiger partial charge in [-0.1, -0.05) is 13.8 Å². The molecule has 2 heteroatoms. The molecule has 0 aliphatic rings. The monoisotopic (exact) mass is 170 g/mol. The molecule has 0 saturated heterocycles. The van der Waals surface area contributed by atoms with Gasteiger partial charge in [-0.2, -0.15) is 0 Å². The molecule has 1 nitrogen and oxygen atoms in total. The van der Waals surface area contributed by atoms with Crippen LogP contribution in [0.1, 0.15) is 32.3 Å². The minimum Gasteiger partial charge on any atom is -0.484 e. The van der Waals surface area contributed by atoms with Crippen LogP contribution in [0, 0.1) is 0 Å². The number of thiophene rings is 1. The molecule has 0 aliphatic heterocycles. The van der Waals surface area contributed by atoms with Crippen LogP contribution in [0.5, 0.6) is 5.06 Å². The molecule has 11 heavy (non-hydrogen) atoms. The third kappa shape index (κ3) is 2.22. The number of hydrogen-bond acceptors (Lipinski definition) is 2. The topological polar surface area (TPSA) is 9.23 Å². The summed E-state index contributed by atoms with van der Waals surface area (Å²) in [4.78, 5) is 0. The quantitative estimate of drug-likeness (QED) is 0.676. The minimum atomic E-state index is 0.612. The normalized spacial score (nSPS) is 10.5. The highest BCUT2D eigenvalue weighted by molar-refractivity contribution is 7.12. The molecular weight excluding hydrogens is 156 g/mol. The smallest absolute Gasteiger partial charge is 0.173 e. The molecule has 0 bridgehead atoms. The Kier molecular flexibility index (Phi) is 2.94. The summed E-state index contributed by atoms with van der Waals surface area (Å²) in [6.45, 7) is 7.16. The maximum atomic E-state index is 5.36. The van der Waals surface area contributed by atoms with E-state index in [0.29, 0.717) is 5.92 Å². The number of rotatable bonds is 3. The Morgan fingerprint density at radius 1 is 1.55 bits per heavy atom. The summed E-state index contributed by atoms with van der Waals surface area (Å²) in [7, 11) is 0. The van der Waals surface area contributed by atoms with Gasteiger partial charge in [-0.3, -0.25) is 0 Å². The molecule has 0 saturated carbocycles. The van der Waals surface area contributed by atoms with E-state index in [-0.39, 0.29) is 0 Å². The summed E-state index contributed by atoms with van der Waals surface area (Å²) in [6, 6.07) is 2.12. The van der Waals surface area contributed by atoms with Crippen LogP contribution < -0.4 is 4.74 Å². The predicted molar refractivity (Wildman–Crippen MR) is 49.6 cm³/mol. The zero-order chi connectivity index (χ0) is 8.27. The van der Waals surface area contributed by atoms with E-state index in [0.717, 1.165) is 11.7 Å². The highest BCUT2D eigenvalue weighted by atomic mass is 32.1. The van der Waals surface area contributed by atoms with Crippen LogP contribution in [0.2, 0.25) is 0 Å². The fraction of sp³-hybridized carbons (Fsp3) is 0.556. The minimum absolute atomic E-state index is 0.612. The fourth-order valence-corrected chi connectivity index (χ4v) is 1.83. The van der Waals surface area contributed by atoms with E-state index < -0.39 is 0 Å². The Balaban J connectivity index is 2.66. The van der Waals surface area contributed by atoms with Gasteiger partial charge in [0.15, 0.2) is 5.06 Å². The maximum absolute atomic E-state index is 5.36. The molecule has 0 atom stereocenters. The zero-order valence-corrected chi connectivity index (χ0v) is 8.07. The van der Waals surface area contributed by atoms with Crippen molar-refractivity contribution in [3.05, 3.63) is 17.0 Å². The van der Waals surface area contributed by atoms with Crippen LogP contribution in [0.3, 0.4) is 0 Å². The lowest BCUT2D eigenvalue weighted by molar-refractivity contribution is 0.350. The summed E-state index contributed by atoms with van der Waals surface area (Å²) >= 11 is 1.68. The molecule has 1 rings (SSSR count). The molecule has 0 N–H and O–H groups in total. The average molecular weight is 170 g/mol. The van der Waals surface area contributed by atoms with Crippen molar-refractivity contribution in [1.29, 1.82) is 0 Å². The van der Waals surface area contributed by atoms with Crippen molar-refractivity contribution in [2.75, 3.05) is 6.61 Å². The van der Waals surface area contributed by atoms with Crippen molar-refractivity contribution in [1.82, 2.24) is 0 Å². The second-order valence-electron chi connectivity index (χ2n) is 2.79. The molecular formula is C9H14OS. The van der Waals surface area contributed by atoms with E-state index in [1.807, 2.05) is 6.92 Å². The predicted octanol–water partition coefficient (Wildman–Crippen LogP) is 3.27. The maximum Gasteiger partial charge on any atom is 0.173 e. The molecule has 62 valence electrons. The molecule has 0 fully saturated rings. The molecule has 0 amide bonds. The van der Waals surface area contributed by atoms with Crippen LogP contribution in [0.15, 0.2) is 11.4 Å².